The first-order chi connectivity index (χ1) is 15.0. The molecule has 1 atom stereocenters. The number of benzene rings is 2. The third kappa shape index (κ3) is 4.63. The van der Waals surface area contributed by atoms with Gasteiger partial charge in [-0.25, -0.2) is 4.79 Å². The van der Waals surface area contributed by atoms with E-state index in [1.807, 2.05) is 24.3 Å². The van der Waals surface area contributed by atoms with Crippen LogP contribution >= 0.6 is 0 Å². The first-order valence-electron chi connectivity index (χ1n) is 9.62. The topological polar surface area (TPSA) is 54.5 Å². The fourth-order valence-corrected chi connectivity index (χ4v) is 3.72. The van der Waals surface area contributed by atoms with E-state index >= 15 is 0 Å². The van der Waals surface area contributed by atoms with Crippen molar-refractivity contribution in [3.63, 3.8) is 0 Å². The zero-order valence-corrected chi connectivity index (χ0v) is 16.3. The van der Waals surface area contributed by atoms with Gasteiger partial charge in [-0.1, -0.05) is 18.2 Å². The Morgan fingerprint density at radius 1 is 0.969 bits per heavy atom. The zero-order chi connectivity index (χ0) is 23.1. The molecule has 0 saturated carbocycles. The Hall–Kier alpha value is -3.30. The SMILES string of the molecule is O=C1N=C(Cc2c[nH]c3ccccc23)C(CCc2cc(C(F)(F)F)cc(C(F)(F)F)c2)O1. The third-order valence-electron chi connectivity index (χ3n) is 5.24. The van der Waals surface area contributed by atoms with Gasteiger partial charge in [0.1, 0.15) is 6.10 Å². The van der Waals surface area contributed by atoms with Crippen molar-refractivity contribution in [2.45, 2.75) is 37.7 Å². The number of aliphatic imine (C=N–C) groups is 1. The number of fused-ring (bicyclic) bond motifs is 1. The monoisotopic (exact) mass is 454 g/mol. The highest BCUT2D eigenvalue weighted by atomic mass is 19.4. The van der Waals surface area contributed by atoms with Gasteiger partial charge in [-0.15, -0.1) is 0 Å². The van der Waals surface area contributed by atoms with E-state index in [0.29, 0.717) is 17.8 Å². The number of aromatic nitrogens is 1. The van der Waals surface area contributed by atoms with E-state index in [1.54, 1.807) is 6.20 Å². The van der Waals surface area contributed by atoms with Gasteiger partial charge in [0.15, 0.2) is 0 Å². The summed E-state index contributed by atoms with van der Waals surface area (Å²) in [6.45, 7) is 0. The summed E-state index contributed by atoms with van der Waals surface area (Å²) in [6.07, 6.45) is -9.63. The number of nitrogens with zero attached hydrogens (tertiary/aromatic N) is 1. The molecule has 3 aromatic rings. The van der Waals surface area contributed by atoms with Crippen LogP contribution in [0.5, 0.6) is 0 Å². The number of halogens is 6. The number of amides is 1. The van der Waals surface area contributed by atoms with Crippen molar-refractivity contribution in [1.29, 1.82) is 0 Å². The molecule has 1 aliphatic heterocycles. The van der Waals surface area contributed by atoms with Gasteiger partial charge in [0.25, 0.3) is 0 Å². The highest BCUT2D eigenvalue weighted by molar-refractivity contribution is 6.03. The number of H-pyrrole nitrogens is 1. The lowest BCUT2D eigenvalue weighted by atomic mass is 9.97. The fraction of sp³-hybridized carbons (Fsp3) is 0.273. The molecular formula is C22H16F6N2O2. The minimum atomic E-state index is -4.92. The maximum Gasteiger partial charge on any atom is 0.434 e. The van der Waals surface area contributed by atoms with Gasteiger partial charge in [-0.2, -0.15) is 31.3 Å². The number of hydrogen-bond donors (Lipinski definition) is 1. The first kappa shape index (κ1) is 21.9. The highest BCUT2D eigenvalue weighted by Crippen LogP contribution is 2.36. The number of hydrogen-bond acceptors (Lipinski definition) is 2. The maximum atomic E-state index is 13.1. The lowest BCUT2D eigenvalue weighted by Crippen LogP contribution is -2.22. The summed E-state index contributed by atoms with van der Waals surface area (Å²) in [5.41, 5.74) is -0.796. The van der Waals surface area contributed by atoms with Crippen molar-refractivity contribution >= 4 is 22.7 Å². The van der Waals surface area contributed by atoms with Gasteiger partial charge >= 0.3 is 18.4 Å². The van der Waals surface area contributed by atoms with Crippen molar-refractivity contribution in [3.8, 4) is 0 Å². The third-order valence-corrected chi connectivity index (χ3v) is 5.24. The Morgan fingerprint density at radius 3 is 2.28 bits per heavy atom. The zero-order valence-electron chi connectivity index (χ0n) is 16.3. The number of rotatable bonds is 5. The summed E-state index contributed by atoms with van der Waals surface area (Å²) in [4.78, 5) is 18.7. The molecule has 4 nitrogen and oxygen atoms in total. The number of alkyl halides is 6. The quantitative estimate of drug-likeness (QED) is 0.458. The normalized spacial score (nSPS) is 17.0. The van der Waals surface area contributed by atoms with Crippen LogP contribution in [0, 0.1) is 0 Å². The number of aromatic amines is 1. The minimum Gasteiger partial charge on any atom is -0.438 e. The molecule has 1 amide bonds. The predicted octanol–water partition coefficient (Wildman–Crippen LogP) is 6.34. The molecule has 0 radical (unpaired) electrons. The van der Waals surface area contributed by atoms with Crippen LogP contribution in [0.1, 0.15) is 28.7 Å². The van der Waals surface area contributed by atoms with E-state index in [4.69, 9.17) is 4.74 Å². The second kappa shape index (κ2) is 7.99. The molecule has 4 rings (SSSR count). The summed E-state index contributed by atoms with van der Waals surface area (Å²) >= 11 is 0. The fourth-order valence-electron chi connectivity index (χ4n) is 3.72. The number of ether oxygens (including phenoxy) is 1. The molecule has 1 N–H and O–H groups in total. The summed E-state index contributed by atoms with van der Waals surface area (Å²) in [6, 6.07) is 8.92. The van der Waals surface area contributed by atoms with Crippen LogP contribution in [0.25, 0.3) is 10.9 Å². The molecule has 2 aromatic carbocycles. The number of para-hydroxylation sites is 1. The Bertz CT molecular complexity index is 1160. The largest absolute Gasteiger partial charge is 0.438 e. The number of aryl methyl sites for hydroxylation is 1. The summed E-state index contributed by atoms with van der Waals surface area (Å²) in [7, 11) is 0. The molecule has 1 aliphatic rings. The minimum absolute atomic E-state index is 0.00549. The summed E-state index contributed by atoms with van der Waals surface area (Å²) < 4.78 is 83.6. The first-order valence-corrected chi connectivity index (χ1v) is 9.62. The van der Waals surface area contributed by atoms with E-state index < -0.39 is 35.7 Å². The van der Waals surface area contributed by atoms with Crippen molar-refractivity contribution < 1.29 is 35.9 Å². The average Bonchev–Trinajstić information content (AvgIpc) is 3.28. The lowest BCUT2D eigenvalue weighted by molar-refractivity contribution is -0.143. The highest BCUT2D eigenvalue weighted by Gasteiger charge is 2.37. The molecule has 0 bridgehead atoms. The van der Waals surface area contributed by atoms with Gasteiger partial charge < -0.3 is 9.72 Å². The van der Waals surface area contributed by atoms with Crippen molar-refractivity contribution in [2.24, 2.45) is 4.99 Å². The van der Waals surface area contributed by atoms with Gasteiger partial charge in [0.05, 0.1) is 16.8 Å². The second-order valence-electron chi connectivity index (χ2n) is 7.46. The van der Waals surface area contributed by atoms with Gasteiger partial charge in [0.2, 0.25) is 0 Å². The van der Waals surface area contributed by atoms with Crippen LogP contribution in [-0.2, 0) is 29.9 Å². The van der Waals surface area contributed by atoms with Crippen LogP contribution in [0.15, 0.2) is 53.7 Å². The van der Waals surface area contributed by atoms with Gasteiger partial charge in [-0.05, 0) is 48.2 Å². The van der Waals surface area contributed by atoms with Crippen LogP contribution < -0.4 is 0 Å². The van der Waals surface area contributed by atoms with Gasteiger partial charge in [0, 0.05) is 23.5 Å². The predicted molar refractivity (Wildman–Crippen MR) is 104 cm³/mol. The molecule has 0 saturated heterocycles. The van der Waals surface area contributed by atoms with E-state index in [0.717, 1.165) is 16.5 Å². The van der Waals surface area contributed by atoms with E-state index in [2.05, 4.69) is 9.98 Å². The average molecular weight is 454 g/mol. The Kier molecular flexibility index (Phi) is 5.47. The standard InChI is InChI=1S/C22H16F6N2O2/c23-21(24,25)14-7-12(8-15(10-14)22(26,27)28)5-6-19-18(30-20(31)32-19)9-13-11-29-17-4-2-1-3-16(13)17/h1-4,7-8,10-11,19,29H,5-6,9H2. The van der Waals surface area contributed by atoms with Crippen molar-refractivity contribution in [3.05, 3.63) is 70.9 Å². The molecule has 1 aromatic heterocycles. The molecule has 168 valence electrons. The lowest BCUT2D eigenvalue weighted by Gasteiger charge is -2.16. The van der Waals surface area contributed by atoms with E-state index in [-0.39, 0.29) is 30.9 Å². The molecule has 0 fully saturated rings. The summed E-state index contributed by atoms with van der Waals surface area (Å²) in [5, 5.41) is 0.918. The van der Waals surface area contributed by atoms with Crippen molar-refractivity contribution in [1.82, 2.24) is 4.98 Å². The number of carbonyl (C=O) groups excluding carboxylic acids is 1. The van der Waals surface area contributed by atoms with Crippen LogP contribution in [-0.4, -0.2) is 22.9 Å². The Balaban J connectivity index is 1.54. The molecule has 10 heteroatoms. The van der Waals surface area contributed by atoms with E-state index in [1.165, 1.54) is 0 Å². The Morgan fingerprint density at radius 2 is 1.62 bits per heavy atom. The van der Waals surface area contributed by atoms with Crippen LogP contribution in [0.3, 0.4) is 0 Å². The molecule has 2 heterocycles. The second-order valence-corrected chi connectivity index (χ2v) is 7.46. The molecule has 1 unspecified atom stereocenters. The molecule has 0 aliphatic carbocycles. The van der Waals surface area contributed by atoms with Crippen molar-refractivity contribution in [2.75, 3.05) is 0 Å². The smallest absolute Gasteiger partial charge is 0.434 e. The summed E-state index contributed by atoms with van der Waals surface area (Å²) in [5.74, 6) is 0. The Labute approximate surface area is 177 Å². The maximum absolute atomic E-state index is 13.1. The number of nitrogens with one attached hydrogen (secondary N) is 1. The molecule has 32 heavy (non-hydrogen) atoms. The molecule has 0 spiro atoms. The van der Waals surface area contributed by atoms with E-state index in [9.17, 15) is 31.1 Å². The van der Waals surface area contributed by atoms with Gasteiger partial charge in [-0.3, -0.25) is 0 Å². The van der Waals surface area contributed by atoms with Crippen LogP contribution in [0.4, 0.5) is 31.1 Å². The molecular weight excluding hydrogens is 438 g/mol. The van der Waals surface area contributed by atoms with Crippen LogP contribution in [0.2, 0.25) is 0 Å². The number of cyclic esters (lactones) is 1. The number of carbonyl (C=O) groups is 1.